The summed E-state index contributed by atoms with van der Waals surface area (Å²) in [5.41, 5.74) is 1.34. The second kappa shape index (κ2) is 14.9. The van der Waals surface area contributed by atoms with Gasteiger partial charge in [-0.15, -0.1) is 0 Å². The van der Waals surface area contributed by atoms with Crippen molar-refractivity contribution in [1.29, 1.82) is 0 Å². The first-order chi connectivity index (χ1) is 12.0. The molecule has 25 heavy (non-hydrogen) atoms. The van der Waals surface area contributed by atoms with E-state index in [4.69, 9.17) is 0 Å². The smallest absolute Gasteiger partial charge is 0.162 e. The monoisotopic (exact) mass is 346 g/mol. The Morgan fingerprint density at radius 2 is 1.56 bits per heavy atom. The molecule has 0 amide bonds. The van der Waals surface area contributed by atoms with E-state index < -0.39 is 0 Å². The number of Topliss-reactive ketones (excluding diaryl/α,β-unsaturated/α-hetero) is 2. The van der Waals surface area contributed by atoms with Crippen LogP contribution in [-0.2, 0) is 9.59 Å². The third kappa shape index (κ3) is 10.9. The number of unbranched alkanes of at least 4 members (excludes halogenated alkanes) is 3. The zero-order valence-corrected chi connectivity index (χ0v) is 16.9. The lowest BCUT2D eigenvalue weighted by atomic mass is 9.92. The number of rotatable bonds is 15. The van der Waals surface area contributed by atoms with Crippen molar-refractivity contribution in [3.8, 4) is 0 Å². The summed E-state index contributed by atoms with van der Waals surface area (Å²) in [6.07, 6.45) is 15.2. The number of hydrogen-bond donors (Lipinski definition) is 0. The Kier molecular flexibility index (Phi) is 14.0. The van der Waals surface area contributed by atoms with Crippen LogP contribution in [0.2, 0.25) is 0 Å². The molecular formula is C23H38O2. The highest BCUT2D eigenvalue weighted by atomic mass is 16.1. The zero-order chi connectivity index (χ0) is 19.1. The van der Waals surface area contributed by atoms with E-state index in [-0.39, 0.29) is 11.6 Å². The third-order valence-electron chi connectivity index (χ3n) is 4.82. The molecule has 0 aliphatic carbocycles. The van der Waals surface area contributed by atoms with Crippen molar-refractivity contribution in [2.24, 2.45) is 5.92 Å². The van der Waals surface area contributed by atoms with Gasteiger partial charge in [0.1, 0.15) is 0 Å². The van der Waals surface area contributed by atoms with Crippen LogP contribution in [0.25, 0.3) is 0 Å². The lowest BCUT2D eigenvalue weighted by Crippen LogP contribution is -2.06. The highest BCUT2D eigenvalue weighted by molar-refractivity contribution is 5.99. The number of ketones is 2. The molecule has 142 valence electrons. The second-order valence-electron chi connectivity index (χ2n) is 6.93. The minimum Gasteiger partial charge on any atom is -0.295 e. The van der Waals surface area contributed by atoms with Crippen molar-refractivity contribution in [3.05, 3.63) is 36.0 Å². The van der Waals surface area contributed by atoms with E-state index >= 15 is 0 Å². The standard InChI is InChI=1S/C23H38O2/c1-6-10-12-14-23(25)21(9-4)17-15-19(5)22(24)18-16-20(8-3)13-11-7-2/h9,15,17,20H,4,6-8,10-14,16,18H2,1-3,5H3/b19-15+,21-17+. The topological polar surface area (TPSA) is 34.1 Å². The van der Waals surface area contributed by atoms with Crippen LogP contribution in [0.1, 0.15) is 91.9 Å². The van der Waals surface area contributed by atoms with Crippen molar-refractivity contribution >= 4 is 11.6 Å². The maximum absolute atomic E-state index is 12.3. The number of carbonyl (C=O) groups excluding carboxylic acids is 2. The maximum Gasteiger partial charge on any atom is 0.162 e. The number of hydrogen-bond acceptors (Lipinski definition) is 2. The largest absolute Gasteiger partial charge is 0.295 e. The fourth-order valence-electron chi connectivity index (χ4n) is 2.84. The fourth-order valence-corrected chi connectivity index (χ4v) is 2.84. The molecule has 1 atom stereocenters. The van der Waals surface area contributed by atoms with Crippen molar-refractivity contribution < 1.29 is 9.59 Å². The van der Waals surface area contributed by atoms with Gasteiger partial charge in [-0.1, -0.05) is 84.1 Å². The van der Waals surface area contributed by atoms with Gasteiger partial charge < -0.3 is 0 Å². The molecule has 1 unspecified atom stereocenters. The molecule has 0 aliphatic heterocycles. The average Bonchev–Trinajstić information content (AvgIpc) is 2.62. The minimum atomic E-state index is 0.116. The van der Waals surface area contributed by atoms with Crippen LogP contribution < -0.4 is 0 Å². The summed E-state index contributed by atoms with van der Waals surface area (Å²) >= 11 is 0. The Morgan fingerprint density at radius 1 is 0.880 bits per heavy atom. The molecule has 0 heterocycles. The van der Waals surface area contributed by atoms with Crippen LogP contribution in [0.5, 0.6) is 0 Å². The Balaban J connectivity index is 4.61. The minimum absolute atomic E-state index is 0.116. The summed E-state index contributed by atoms with van der Waals surface area (Å²) in [5, 5.41) is 0. The number of allylic oxidation sites excluding steroid dienone is 5. The van der Waals surface area contributed by atoms with E-state index in [9.17, 15) is 9.59 Å². The number of carbonyl (C=O) groups is 2. The molecule has 0 aromatic carbocycles. The van der Waals surface area contributed by atoms with Crippen LogP contribution in [0.15, 0.2) is 36.0 Å². The summed E-state index contributed by atoms with van der Waals surface area (Å²) in [7, 11) is 0. The second-order valence-corrected chi connectivity index (χ2v) is 6.93. The van der Waals surface area contributed by atoms with Crippen LogP contribution in [0.4, 0.5) is 0 Å². The SMILES string of the molecule is C=C/C(=C\C=C(/C)C(=O)CCC(CC)CCCC)C(=O)CCCCC. The Morgan fingerprint density at radius 3 is 2.12 bits per heavy atom. The van der Waals surface area contributed by atoms with E-state index in [1.807, 2.05) is 6.92 Å². The van der Waals surface area contributed by atoms with Crippen molar-refractivity contribution in [1.82, 2.24) is 0 Å². The molecule has 0 radical (unpaired) electrons. The molecule has 0 spiro atoms. The zero-order valence-electron chi connectivity index (χ0n) is 16.9. The molecule has 0 aliphatic rings. The highest BCUT2D eigenvalue weighted by Crippen LogP contribution is 2.19. The molecule has 0 saturated carbocycles. The van der Waals surface area contributed by atoms with Gasteiger partial charge in [0, 0.05) is 18.4 Å². The molecule has 0 aromatic rings. The van der Waals surface area contributed by atoms with E-state index in [2.05, 4.69) is 27.4 Å². The summed E-state index contributed by atoms with van der Waals surface area (Å²) < 4.78 is 0. The Labute approximate surface area is 155 Å². The van der Waals surface area contributed by atoms with E-state index in [1.54, 1.807) is 18.2 Å². The quantitative estimate of drug-likeness (QED) is 0.186. The maximum atomic E-state index is 12.3. The van der Waals surface area contributed by atoms with Gasteiger partial charge in [0.05, 0.1) is 0 Å². The van der Waals surface area contributed by atoms with Crippen LogP contribution >= 0.6 is 0 Å². The lowest BCUT2D eigenvalue weighted by molar-refractivity contribution is -0.116. The lowest BCUT2D eigenvalue weighted by Gasteiger charge is -2.13. The average molecular weight is 347 g/mol. The van der Waals surface area contributed by atoms with E-state index in [0.717, 1.165) is 37.7 Å². The normalized spacial score (nSPS) is 13.6. The highest BCUT2D eigenvalue weighted by Gasteiger charge is 2.11. The van der Waals surface area contributed by atoms with E-state index in [0.29, 0.717) is 24.3 Å². The molecule has 0 bridgehead atoms. The predicted molar refractivity (Wildman–Crippen MR) is 109 cm³/mol. The first-order valence-electron chi connectivity index (χ1n) is 10.1. The van der Waals surface area contributed by atoms with Gasteiger partial charge in [-0.3, -0.25) is 9.59 Å². The van der Waals surface area contributed by atoms with Gasteiger partial charge in [-0.05, 0) is 31.3 Å². The summed E-state index contributed by atoms with van der Waals surface area (Å²) in [6.45, 7) is 12.1. The summed E-state index contributed by atoms with van der Waals surface area (Å²) in [6, 6.07) is 0. The fraction of sp³-hybridized carbons (Fsp3) is 0.652. The van der Waals surface area contributed by atoms with Crippen LogP contribution in [-0.4, -0.2) is 11.6 Å². The Hall–Kier alpha value is -1.44. The summed E-state index contributed by atoms with van der Waals surface area (Å²) in [4.78, 5) is 24.4. The van der Waals surface area contributed by atoms with Crippen LogP contribution in [0.3, 0.4) is 0 Å². The van der Waals surface area contributed by atoms with Crippen molar-refractivity contribution in [2.45, 2.75) is 91.9 Å². The van der Waals surface area contributed by atoms with Gasteiger partial charge >= 0.3 is 0 Å². The first kappa shape index (κ1) is 23.6. The summed E-state index contributed by atoms with van der Waals surface area (Å²) in [5.74, 6) is 0.953. The molecule has 0 aromatic heterocycles. The van der Waals surface area contributed by atoms with Crippen molar-refractivity contribution in [3.63, 3.8) is 0 Å². The predicted octanol–water partition coefficient (Wildman–Crippen LogP) is 6.76. The van der Waals surface area contributed by atoms with Gasteiger partial charge in [0.15, 0.2) is 11.6 Å². The molecule has 2 nitrogen and oxygen atoms in total. The van der Waals surface area contributed by atoms with Gasteiger partial charge in [0.25, 0.3) is 0 Å². The van der Waals surface area contributed by atoms with Crippen LogP contribution in [0, 0.1) is 5.92 Å². The third-order valence-corrected chi connectivity index (χ3v) is 4.82. The molecule has 0 fully saturated rings. The van der Waals surface area contributed by atoms with E-state index in [1.165, 1.54) is 19.3 Å². The van der Waals surface area contributed by atoms with Gasteiger partial charge in [-0.2, -0.15) is 0 Å². The molecular weight excluding hydrogens is 308 g/mol. The van der Waals surface area contributed by atoms with Gasteiger partial charge in [0.2, 0.25) is 0 Å². The first-order valence-corrected chi connectivity index (χ1v) is 10.1. The molecule has 2 heteroatoms. The van der Waals surface area contributed by atoms with Crippen molar-refractivity contribution in [2.75, 3.05) is 0 Å². The Bertz CT molecular complexity index is 468. The van der Waals surface area contributed by atoms with Gasteiger partial charge in [-0.25, -0.2) is 0 Å². The molecule has 0 saturated heterocycles. The molecule has 0 N–H and O–H groups in total. The molecule has 0 rings (SSSR count).